The normalized spacial score (nSPS) is 22.9. The van der Waals surface area contributed by atoms with Crippen molar-refractivity contribution >= 4 is 0 Å². The van der Waals surface area contributed by atoms with Crippen LogP contribution in [0.3, 0.4) is 0 Å². The molecule has 0 nitrogen and oxygen atoms in total. The number of benzene rings is 2. The maximum absolute atomic E-state index is 14.9. The highest BCUT2D eigenvalue weighted by Crippen LogP contribution is 2.41. The van der Waals surface area contributed by atoms with Crippen LogP contribution in [0.1, 0.15) is 98.3 Å². The van der Waals surface area contributed by atoms with Crippen molar-refractivity contribution in [2.24, 2.45) is 5.92 Å². The van der Waals surface area contributed by atoms with Crippen molar-refractivity contribution < 1.29 is 13.2 Å². The first-order valence-electron chi connectivity index (χ1n) is 11.8. The van der Waals surface area contributed by atoms with Crippen LogP contribution in [0.25, 0.3) is 0 Å². The summed E-state index contributed by atoms with van der Waals surface area (Å²) in [6.45, 7) is 1.90. The van der Waals surface area contributed by atoms with Gasteiger partial charge in [-0.15, -0.1) is 0 Å². The highest BCUT2D eigenvalue weighted by Gasteiger charge is 2.28. The van der Waals surface area contributed by atoms with E-state index in [9.17, 15) is 13.2 Å². The fraction of sp³-hybridized carbons (Fsp3) is 0.556. The molecule has 2 saturated carbocycles. The van der Waals surface area contributed by atoms with Crippen molar-refractivity contribution in [3.05, 3.63) is 70.0 Å². The van der Waals surface area contributed by atoms with Crippen LogP contribution in [-0.4, -0.2) is 0 Å². The highest BCUT2D eigenvalue weighted by atomic mass is 19.2. The number of aryl methyl sites for hydroxylation is 2. The first-order chi connectivity index (χ1) is 14.5. The summed E-state index contributed by atoms with van der Waals surface area (Å²) >= 11 is 0. The monoisotopic (exact) mass is 414 g/mol. The van der Waals surface area contributed by atoms with E-state index < -0.39 is 11.6 Å². The molecule has 0 spiro atoms. The molecule has 30 heavy (non-hydrogen) atoms. The standard InChI is InChI=1S/C27H33F3/c1-18-7-11-22(25(28)17-18)14-10-19-8-12-21(13-9-19)24-16-15-23(26(29)27(24)30)20-5-3-2-4-6-20/h7,11,15-17,19-21H,2-6,8-10,12-14H2,1H3. The van der Waals surface area contributed by atoms with Crippen LogP contribution in [0.2, 0.25) is 0 Å². The lowest BCUT2D eigenvalue weighted by atomic mass is 9.76. The summed E-state index contributed by atoms with van der Waals surface area (Å²) in [5.41, 5.74) is 2.88. The Morgan fingerprint density at radius 1 is 0.733 bits per heavy atom. The Labute approximate surface area is 178 Å². The van der Waals surface area contributed by atoms with E-state index in [1.807, 2.05) is 31.2 Å². The minimum absolute atomic E-state index is 0.104. The molecule has 2 aromatic carbocycles. The summed E-state index contributed by atoms with van der Waals surface area (Å²) in [7, 11) is 0. The van der Waals surface area contributed by atoms with Crippen molar-refractivity contribution in [2.75, 3.05) is 0 Å². The summed E-state index contributed by atoms with van der Waals surface area (Å²) in [5, 5.41) is 0. The van der Waals surface area contributed by atoms with Gasteiger partial charge in [-0.3, -0.25) is 0 Å². The van der Waals surface area contributed by atoms with E-state index in [1.165, 1.54) is 6.42 Å². The molecule has 3 heteroatoms. The van der Waals surface area contributed by atoms with Crippen LogP contribution in [0.5, 0.6) is 0 Å². The Balaban J connectivity index is 1.35. The average molecular weight is 415 g/mol. The number of hydrogen-bond donors (Lipinski definition) is 0. The van der Waals surface area contributed by atoms with E-state index in [-0.39, 0.29) is 17.7 Å². The van der Waals surface area contributed by atoms with Crippen molar-refractivity contribution in [3.63, 3.8) is 0 Å². The zero-order valence-corrected chi connectivity index (χ0v) is 18.0. The van der Waals surface area contributed by atoms with Crippen molar-refractivity contribution in [2.45, 2.75) is 89.4 Å². The highest BCUT2D eigenvalue weighted by molar-refractivity contribution is 5.32. The minimum atomic E-state index is -0.608. The molecule has 0 atom stereocenters. The number of halogens is 3. The largest absolute Gasteiger partial charge is 0.207 e. The maximum atomic E-state index is 14.9. The summed E-state index contributed by atoms with van der Waals surface area (Å²) < 4.78 is 43.8. The zero-order valence-electron chi connectivity index (χ0n) is 18.0. The second kappa shape index (κ2) is 9.58. The summed E-state index contributed by atoms with van der Waals surface area (Å²) in [5.74, 6) is -0.497. The molecule has 2 aromatic rings. The lowest BCUT2D eigenvalue weighted by molar-refractivity contribution is 0.303. The van der Waals surface area contributed by atoms with Crippen LogP contribution < -0.4 is 0 Å². The van der Waals surface area contributed by atoms with Gasteiger partial charge in [0, 0.05) is 0 Å². The van der Waals surface area contributed by atoms with Gasteiger partial charge < -0.3 is 0 Å². The van der Waals surface area contributed by atoms with Crippen molar-refractivity contribution in [3.8, 4) is 0 Å². The Morgan fingerprint density at radius 2 is 1.33 bits per heavy atom. The van der Waals surface area contributed by atoms with E-state index in [4.69, 9.17) is 0 Å². The average Bonchev–Trinajstić information content (AvgIpc) is 2.76. The van der Waals surface area contributed by atoms with Gasteiger partial charge in [-0.2, -0.15) is 0 Å². The third-order valence-electron chi connectivity index (χ3n) is 7.50. The van der Waals surface area contributed by atoms with Crippen LogP contribution in [0.15, 0.2) is 30.3 Å². The molecule has 2 aliphatic rings. The molecule has 0 bridgehead atoms. The second-order valence-electron chi connectivity index (χ2n) is 9.56. The van der Waals surface area contributed by atoms with Gasteiger partial charge in [-0.05, 0) is 104 Å². The molecular weight excluding hydrogens is 381 g/mol. The lowest BCUT2D eigenvalue weighted by Gasteiger charge is -2.30. The van der Waals surface area contributed by atoms with Gasteiger partial charge in [0.1, 0.15) is 5.82 Å². The molecule has 0 saturated heterocycles. The zero-order chi connectivity index (χ0) is 21.1. The van der Waals surface area contributed by atoms with Gasteiger partial charge in [-0.25, -0.2) is 13.2 Å². The van der Waals surface area contributed by atoms with Crippen LogP contribution in [0, 0.1) is 30.3 Å². The molecule has 0 radical (unpaired) electrons. The van der Waals surface area contributed by atoms with Gasteiger partial charge in [0.2, 0.25) is 0 Å². The fourth-order valence-corrected chi connectivity index (χ4v) is 5.60. The molecule has 2 aliphatic carbocycles. The van der Waals surface area contributed by atoms with E-state index >= 15 is 0 Å². The molecule has 0 aliphatic heterocycles. The lowest BCUT2D eigenvalue weighted by Crippen LogP contribution is -2.16. The summed E-state index contributed by atoms with van der Waals surface area (Å²) in [6, 6.07) is 9.16. The smallest absolute Gasteiger partial charge is 0.162 e. The van der Waals surface area contributed by atoms with E-state index in [2.05, 4.69) is 0 Å². The third kappa shape index (κ3) is 4.76. The van der Waals surface area contributed by atoms with Gasteiger partial charge in [-0.1, -0.05) is 43.5 Å². The molecular formula is C27H33F3. The predicted molar refractivity (Wildman–Crippen MR) is 116 cm³/mol. The molecule has 2 fully saturated rings. The van der Waals surface area contributed by atoms with Crippen LogP contribution in [0.4, 0.5) is 13.2 Å². The first kappa shape index (κ1) is 21.5. The molecule has 0 N–H and O–H groups in total. The van der Waals surface area contributed by atoms with Crippen molar-refractivity contribution in [1.82, 2.24) is 0 Å². The molecule has 162 valence electrons. The summed E-state index contributed by atoms with van der Waals surface area (Å²) in [6.07, 6.45) is 10.9. The van der Waals surface area contributed by atoms with Gasteiger partial charge in [0.05, 0.1) is 0 Å². The second-order valence-corrected chi connectivity index (χ2v) is 9.56. The van der Waals surface area contributed by atoms with Gasteiger partial charge >= 0.3 is 0 Å². The number of hydrogen-bond acceptors (Lipinski definition) is 0. The SMILES string of the molecule is Cc1ccc(CCC2CCC(c3ccc(C4CCCCC4)c(F)c3F)CC2)c(F)c1. The van der Waals surface area contributed by atoms with Gasteiger partial charge in [0.25, 0.3) is 0 Å². The molecule has 0 heterocycles. The molecule has 4 rings (SSSR count). The molecule has 0 aromatic heterocycles. The Bertz CT molecular complexity index is 859. The van der Waals surface area contributed by atoms with Gasteiger partial charge in [0.15, 0.2) is 11.6 Å². The van der Waals surface area contributed by atoms with E-state index in [0.29, 0.717) is 17.0 Å². The summed E-state index contributed by atoms with van der Waals surface area (Å²) in [4.78, 5) is 0. The Morgan fingerprint density at radius 3 is 1.93 bits per heavy atom. The number of rotatable bonds is 5. The van der Waals surface area contributed by atoms with Crippen LogP contribution in [-0.2, 0) is 6.42 Å². The fourth-order valence-electron chi connectivity index (χ4n) is 5.60. The minimum Gasteiger partial charge on any atom is -0.207 e. The molecule has 0 amide bonds. The maximum Gasteiger partial charge on any atom is 0.162 e. The predicted octanol–water partition coefficient (Wildman–Crippen LogP) is 8.37. The van der Waals surface area contributed by atoms with Crippen LogP contribution >= 0.6 is 0 Å². The molecule has 0 unspecified atom stereocenters. The van der Waals surface area contributed by atoms with E-state index in [1.54, 1.807) is 6.07 Å². The third-order valence-corrected chi connectivity index (χ3v) is 7.50. The van der Waals surface area contributed by atoms with Crippen molar-refractivity contribution in [1.29, 1.82) is 0 Å². The van der Waals surface area contributed by atoms with E-state index in [0.717, 1.165) is 75.3 Å². The quantitative estimate of drug-likeness (QED) is 0.461. The topological polar surface area (TPSA) is 0 Å². The Kier molecular flexibility index (Phi) is 6.85. The first-order valence-corrected chi connectivity index (χ1v) is 11.8. The Hall–Kier alpha value is -1.77.